The van der Waals surface area contributed by atoms with E-state index in [9.17, 15) is 19.7 Å². The largest absolute Gasteiger partial charge is 0.423 e. The first-order chi connectivity index (χ1) is 13.9. The van der Waals surface area contributed by atoms with E-state index >= 15 is 0 Å². The van der Waals surface area contributed by atoms with E-state index in [1.807, 2.05) is 0 Å². The van der Waals surface area contributed by atoms with Crippen molar-refractivity contribution >= 4 is 23.8 Å². The Bertz CT molecular complexity index is 1070. The van der Waals surface area contributed by atoms with Gasteiger partial charge >= 0.3 is 5.97 Å². The Morgan fingerprint density at radius 2 is 1.86 bits per heavy atom. The van der Waals surface area contributed by atoms with Gasteiger partial charge in [-0.1, -0.05) is 0 Å². The summed E-state index contributed by atoms with van der Waals surface area (Å²) in [4.78, 5) is 34.0. The number of aromatic amines is 1. The van der Waals surface area contributed by atoms with Gasteiger partial charge in [0.05, 0.1) is 16.7 Å². The molecule has 0 bridgehead atoms. The number of nitro benzene ring substituents is 1. The average Bonchev–Trinajstić information content (AvgIpc) is 3.15. The van der Waals surface area contributed by atoms with Crippen LogP contribution in [0.4, 0.5) is 5.69 Å². The van der Waals surface area contributed by atoms with Gasteiger partial charge in [-0.05, 0) is 55.0 Å². The van der Waals surface area contributed by atoms with Crippen molar-refractivity contribution < 1.29 is 19.2 Å². The molecular formula is C19H15N5O5. The molecule has 0 fully saturated rings. The molecular weight excluding hydrogens is 378 g/mol. The molecule has 0 aliphatic rings. The zero-order valence-electron chi connectivity index (χ0n) is 15.2. The summed E-state index contributed by atoms with van der Waals surface area (Å²) in [6.45, 7) is 1.78. The fourth-order valence-electron chi connectivity index (χ4n) is 2.26. The number of amides is 1. The van der Waals surface area contributed by atoms with Crippen LogP contribution in [0.1, 0.15) is 32.1 Å². The van der Waals surface area contributed by atoms with Crippen LogP contribution in [-0.2, 0) is 0 Å². The summed E-state index contributed by atoms with van der Waals surface area (Å²) in [5.74, 6) is -0.788. The lowest BCUT2D eigenvalue weighted by Gasteiger charge is -2.04. The quantitative estimate of drug-likeness (QED) is 0.217. The number of nitrogens with one attached hydrogen (secondary N) is 2. The lowest BCUT2D eigenvalue weighted by atomic mass is 10.2. The van der Waals surface area contributed by atoms with Gasteiger partial charge in [0.25, 0.3) is 11.6 Å². The number of rotatable bonds is 6. The molecule has 0 aliphatic carbocycles. The molecule has 29 heavy (non-hydrogen) atoms. The van der Waals surface area contributed by atoms with Gasteiger partial charge in [-0.25, -0.2) is 10.2 Å². The second kappa shape index (κ2) is 8.57. The highest BCUT2D eigenvalue weighted by molar-refractivity contribution is 5.93. The van der Waals surface area contributed by atoms with Crippen LogP contribution < -0.4 is 10.2 Å². The number of benzene rings is 2. The number of nitrogens with zero attached hydrogens (tertiary/aromatic N) is 3. The Balaban J connectivity index is 1.56. The fraction of sp³-hybridized carbons (Fsp3) is 0.0526. The molecule has 0 aliphatic heterocycles. The number of carbonyl (C=O) groups excluding carboxylic acids is 2. The molecule has 0 saturated carbocycles. The van der Waals surface area contributed by atoms with E-state index in [2.05, 4.69) is 20.7 Å². The summed E-state index contributed by atoms with van der Waals surface area (Å²) in [5.41, 5.74) is 4.09. The molecule has 0 unspecified atom stereocenters. The van der Waals surface area contributed by atoms with Gasteiger partial charge in [0.2, 0.25) is 0 Å². The Labute approximate surface area is 164 Å². The first kappa shape index (κ1) is 19.4. The molecule has 0 atom stereocenters. The van der Waals surface area contributed by atoms with Crippen molar-refractivity contribution in [3.63, 3.8) is 0 Å². The van der Waals surface area contributed by atoms with E-state index < -0.39 is 16.8 Å². The maximum absolute atomic E-state index is 12.1. The SMILES string of the molecule is Cc1cc(C(=O)N/N=C/c2ccc(OC(=O)c3ccc([N+](=O)[O-])cc3)cc2)n[nH]1. The van der Waals surface area contributed by atoms with E-state index in [1.165, 1.54) is 30.5 Å². The van der Waals surface area contributed by atoms with E-state index in [4.69, 9.17) is 4.74 Å². The number of esters is 1. The molecule has 0 saturated heterocycles. The molecule has 3 rings (SSSR count). The minimum Gasteiger partial charge on any atom is -0.423 e. The summed E-state index contributed by atoms with van der Waals surface area (Å²) < 4.78 is 5.22. The number of aryl methyl sites for hydroxylation is 1. The maximum Gasteiger partial charge on any atom is 0.343 e. The van der Waals surface area contributed by atoms with E-state index in [0.717, 1.165) is 5.69 Å². The highest BCUT2D eigenvalue weighted by atomic mass is 16.6. The van der Waals surface area contributed by atoms with Crippen LogP contribution in [0, 0.1) is 17.0 Å². The number of aromatic nitrogens is 2. The minimum atomic E-state index is -0.636. The third-order valence-electron chi connectivity index (χ3n) is 3.72. The number of hydrazone groups is 1. The monoisotopic (exact) mass is 393 g/mol. The molecule has 10 nitrogen and oxygen atoms in total. The molecule has 2 aromatic carbocycles. The van der Waals surface area contributed by atoms with Crippen LogP contribution in [0.25, 0.3) is 0 Å². The zero-order valence-corrected chi connectivity index (χ0v) is 15.2. The number of H-pyrrole nitrogens is 1. The number of ether oxygens (including phenoxy) is 1. The normalized spacial score (nSPS) is 10.7. The highest BCUT2D eigenvalue weighted by Crippen LogP contribution is 2.16. The Morgan fingerprint density at radius 3 is 2.45 bits per heavy atom. The average molecular weight is 393 g/mol. The number of non-ortho nitro benzene ring substituents is 1. The topological polar surface area (TPSA) is 140 Å². The number of hydrogen-bond donors (Lipinski definition) is 2. The van der Waals surface area contributed by atoms with Gasteiger partial charge < -0.3 is 4.74 Å². The zero-order chi connectivity index (χ0) is 20.8. The molecule has 0 spiro atoms. The molecule has 1 aromatic heterocycles. The van der Waals surface area contributed by atoms with Gasteiger partial charge in [0, 0.05) is 17.8 Å². The third kappa shape index (κ3) is 5.10. The fourth-order valence-corrected chi connectivity index (χ4v) is 2.26. The molecule has 0 radical (unpaired) electrons. The molecule has 10 heteroatoms. The summed E-state index contributed by atoms with van der Waals surface area (Å²) in [6, 6.07) is 13.1. The van der Waals surface area contributed by atoms with Crippen molar-refractivity contribution in [1.29, 1.82) is 0 Å². The summed E-state index contributed by atoms with van der Waals surface area (Å²) in [6.07, 6.45) is 1.43. The van der Waals surface area contributed by atoms with Gasteiger partial charge in [0.15, 0.2) is 5.69 Å². The maximum atomic E-state index is 12.1. The standard InChI is InChI=1S/C19H15N5O5/c1-12-10-17(22-21-12)18(25)23-20-11-13-2-8-16(9-3-13)29-19(26)14-4-6-15(7-5-14)24(27)28/h2-11H,1H3,(H,21,22)(H,23,25)/b20-11+. The predicted octanol–water partition coefficient (Wildman–Crippen LogP) is 2.61. The number of hydrogen-bond acceptors (Lipinski definition) is 7. The summed E-state index contributed by atoms with van der Waals surface area (Å²) >= 11 is 0. The van der Waals surface area contributed by atoms with Gasteiger partial charge in [0.1, 0.15) is 5.75 Å². The third-order valence-corrected chi connectivity index (χ3v) is 3.72. The van der Waals surface area contributed by atoms with Crippen LogP contribution in [0.15, 0.2) is 59.7 Å². The lowest BCUT2D eigenvalue weighted by molar-refractivity contribution is -0.384. The summed E-state index contributed by atoms with van der Waals surface area (Å²) in [5, 5.41) is 21.0. The molecule has 1 heterocycles. The van der Waals surface area contributed by atoms with E-state index in [0.29, 0.717) is 11.3 Å². The lowest BCUT2D eigenvalue weighted by Crippen LogP contribution is -2.18. The van der Waals surface area contributed by atoms with Crippen LogP contribution in [-0.4, -0.2) is 33.2 Å². The van der Waals surface area contributed by atoms with Crippen molar-refractivity contribution in [3.05, 3.63) is 87.2 Å². The number of nitro groups is 1. The second-order valence-corrected chi connectivity index (χ2v) is 5.90. The van der Waals surface area contributed by atoms with Crippen LogP contribution in [0.5, 0.6) is 5.75 Å². The molecule has 146 valence electrons. The van der Waals surface area contributed by atoms with E-state index in [-0.39, 0.29) is 16.9 Å². The molecule has 1 amide bonds. The highest BCUT2D eigenvalue weighted by Gasteiger charge is 2.11. The smallest absolute Gasteiger partial charge is 0.343 e. The summed E-state index contributed by atoms with van der Waals surface area (Å²) in [7, 11) is 0. The molecule has 2 N–H and O–H groups in total. The van der Waals surface area contributed by atoms with Crippen molar-refractivity contribution in [2.45, 2.75) is 6.92 Å². The second-order valence-electron chi connectivity index (χ2n) is 5.90. The van der Waals surface area contributed by atoms with Crippen LogP contribution in [0.3, 0.4) is 0 Å². The van der Waals surface area contributed by atoms with Gasteiger partial charge in [-0.2, -0.15) is 10.2 Å². The molecule has 3 aromatic rings. The van der Waals surface area contributed by atoms with Gasteiger partial charge in [-0.15, -0.1) is 0 Å². The first-order valence-corrected chi connectivity index (χ1v) is 8.34. The van der Waals surface area contributed by atoms with Crippen LogP contribution >= 0.6 is 0 Å². The first-order valence-electron chi connectivity index (χ1n) is 8.34. The van der Waals surface area contributed by atoms with Crippen molar-refractivity contribution in [1.82, 2.24) is 15.6 Å². The Morgan fingerprint density at radius 1 is 1.17 bits per heavy atom. The predicted molar refractivity (Wildman–Crippen MR) is 103 cm³/mol. The van der Waals surface area contributed by atoms with Crippen molar-refractivity contribution in [2.24, 2.45) is 5.10 Å². The van der Waals surface area contributed by atoms with Crippen molar-refractivity contribution in [3.8, 4) is 5.75 Å². The van der Waals surface area contributed by atoms with Crippen molar-refractivity contribution in [2.75, 3.05) is 0 Å². The van der Waals surface area contributed by atoms with Crippen LogP contribution in [0.2, 0.25) is 0 Å². The van der Waals surface area contributed by atoms with E-state index in [1.54, 1.807) is 37.3 Å². The Kier molecular flexibility index (Phi) is 5.74. The Hall–Kier alpha value is -4.34. The van der Waals surface area contributed by atoms with Gasteiger partial charge in [-0.3, -0.25) is 20.0 Å². The number of carbonyl (C=O) groups is 2. The minimum absolute atomic E-state index is 0.111.